The third-order valence-corrected chi connectivity index (χ3v) is 6.26. The third-order valence-electron chi connectivity index (χ3n) is 5.32. The maximum atomic E-state index is 12.1. The number of benzene rings is 1. The van der Waals surface area contributed by atoms with Gasteiger partial charge in [0.2, 0.25) is 0 Å². The molecule has 1 unspecified atom stereocenters. The van der Waals surface area contributed by atoms with Crippen molar-refractivity contribution in [2.45, 2.75) is 26.3 Å². The number of nitrogens with one attached hydrogen (secondary N) is 1. The van der Waals surface area contributed by atoms with Crippen molar-refractivity contribution in [2.75, 3.05) is 56.2 Å². The van der Waals surface area contributed by atoms with Crippen LogP contribution < -0.4 is 10.2 Å². The highest BCUT2D eigenvalue weighted by Gasteiger charge is 2.28. The lowest BCUT2D eigenvalue weighted by Gasteiger charge is -2.34. The topological polar surface area (TPSA) is 57.2 Å². The Morgan fingerprint density at radius 1 is 1.25 bits per heavy atom. The van der Waals surface area contributed by atoms with Crippen molar-refractivity contribution in [1.29, 1.82) is 0 Å². The molecule has 2 heterocycles. The van der Waals surface area contributed by atoms with Gasteiger partial charge in [0.1, 0.15) is 0 Å². The fourth-order valence-corrected chi connectivity index (χ4v) is 4.68. The lowest BCUT2D eigenvalue weighted by molar-refractivity contribution is -0.149. The smallest absolute Gasteiger partial charge is 0.310 e. The largest absolute Gasteiger partial charge is 0.466 e. The quantitative estimate of drug-likeness (QED) is 0.463. The molecule has 0 aromatic heterocycles. The zero-order valence-electron chi connectivity index (χ0n) is 17.0. The van der Waals surface area contributed by atoms with Crippen molar-refractivity contribution >= 4 is 29.4 Å². The molecule has 0 radical (unpaired) electrons. The Morgan fingerprint density at radius 2 is 2.00 bits per heavy atom. The molecular formula is C21H32N4O2S. The molecule has 2 aliphatic heterocycles. The number of likely N-dealkylation sites (tertiary alicyclic amines) is 1. The van der Waals surface area contributed by atoms with Gasteiger partial charge >= 0.3 is 5.97 Å². The zero-order valence-corrected chi connectivity index (χ0v) is 17.8. The van der Waals surface area contributed by atoms with Crippen LogP contribution in [0.3, 0.4) is 0 Å². The normalized spacial score (nSPS) is 20.8. The van der Waals surface area contributed by atoms with Gasteiger partial charge in [0.15, 0.2) is 5.96 Å². The number of nitrogens with zero attached hydrogens (tertiary/aromatic N) is 3. The van der Waals surface area contributed by atoms with Crippen LogP contribution in [0.25, 0.3) is 0 Å². The molecular weight excluding hydrogens is 372 g/mol. The van der Waals surface area contributed by atoms with Crippen molar-refractivity contribution in [3.63, 3.8) is 0 Å². The first kappa shape index (κ1) is 20.8. The van der Waals surface area contributed by atoms with E-state index in [1.807, 2.05) is 18.7 Å². The molecule has 1 N–H and O–H groups in total. The Bertz CT molecular complexity index is 659. The lowest BCUT2D eigenvalue weighted by atomic mass is 9.98. The second-order valence-corrected chi connectivity index (χ2v) is 8.43. The van der Waals surface area contributed by atoms with Gasteiger partial charge in [0.05, 0.1) is 12.5 Å². The van der Waals surface area contributed by atoms with Gasteiger partial charge in [-0.2, -0.15) is 11.8 Å². The molecule has 2 saturated heterocycles. The number of ether oxygens (including phenoxy) is 1. The highest BCUT2D eigenvalue weighted by atomic mass is 32.2. The second kappa shape index (κ2) is 10.6. The minimum absolute atomic E-state index is 0.0609. The molecule has 0 spiro atoms. The zero-order chi connectivity index (χ0) is 19.8. The van der Waals surface area contributed by atoms with Gasteiger partial charge < -0.3 is 19.9 Å². The first-order chi connectivity index (χ1) is 13.7. The third kappa shape index (κ3) is 5.56. The molecule has 3 rings (SSSR count). The number of hydrogen-bond donors (Lipinski definition) is 1. The Balaban J connectivity index is 1.52. The average Bonchev–Trinajstić information content (AvgIpc) is 2.76. The number of guanidine groups is 1. The predicted molar refractivity (Wildman–Crippen MR) is 117 cm³/mol. The van der Waals surface area contributed by atoms with Crippen LogP contribution in [0.2, 0.25) is 0 Å². The van der Waals surface area contributed by atoms with E-state index in [2.05, 4.69) is 44.4 Å². The summed E-state index contributed by atoms with van der Waals surface area (Å²) in [5.41, 5.74) is 2.54. The van der Waals surface area contributed by atoms with E-state index < -0.39 is 0 Å². The van der Waals surface area contributed by atoms with Crippen LogP contribution in [0.5, 0.6) is 0 Å². The summed E-state index contributed by atoms with van der Waals surface area (Å²) in [7, 11) is 1.80. The van der Waals surface area contributed by atoms with Crippen molar-refractivity contribution in [2.24, 2.45) is 10.9 Å². The number of aliphatic imine (C=N–C) groups is 1. The van der Waals surface area contributed by atoms with E-state index in [1.165, 1.54) is 22.8 Å². The molecule has 2 aliphatic rings. The number of anilines is 1. The van der Waals surface area contributed by atoms with Gasteiger partial charge in [-0.05, 0) is 37.5 Å². The molecule has 2 fully saturated rings. The maximum absolute atomic E-state index is 12.1. The van der Waals surface area contributed by atoms with Gasteiger partial charge in [-0.1, -0.05) is 12.1 Å². The number of carbonyl (C=O) groups excluding carboxylic acids is 1. The van der Waals surface area contributed by atoms with E-state index in [1.54, 1.807) is 7.05 Å². The van der Waals surface area contributed by atoms with E-state index >= 15 is 0 Å². The van der Waals surface area contributed by atoms with Crippen LogP contribution in [0.4, 0.5) is 5.69 Å². The minimum Gasteiger partial charge on any atom is -0.466 e. The predicted octanol–water partition coefficient (Wildman–Crippen LogP) is 2.59. The summed E-state index contributed by atoms with van der Waals surface area (Å²) < 4.78 is 5.20. The summed E-state index contributed by atoms with van der Waals surface area (Å²) in [6.07, 6.45) is 1.87. The van der Waals surface area contributed by atoms with E-state index in [0.29, 0.717) is 13.2 Å². The molecule has 154 valence electrons. The van der Waals surface area contributed by atoms with Gasteiger partial charge in [-0.15, -0.1) is 0 Å². The molecule has 0 amide bonds. The number of esters is 1. The molecule has 0 bridgehead atoms. The number of hydrogen-bond acceptors (Lipinski definition) is 5. The van der Waals surface area contributed by atoms with Crippen molar-refractivity contribution < 1.29 is 9.53 Å². The van der Waals surface area contributed by atoms with Crippen molar-refractivity contribution in [1.82, 2.24) is 10.2 Å². The van der Waals surface area contributed by atoms with E-state index in [9.17, 15) is 4.79 Å². The maximum Gasteiger partial charge on any atom is 0.310 e. The summed E-state index contributed by atoms with van der Waals surface area (Å²) in [5, 5.41) is 3.45. The number of carbonyl (C=O) groups is 1. The Kier molecular flexibility index (Phi) is 7.89. The van der Waals surface area contributed by atoms with Crippen LogP contribution in [0.1, 0.15) is 25.3 Å². The minimum atomic E-state index is -0.0886. The van der Waals surface area contributed by atoms with Crippen LogP contribution >= 0.6 is 11.8 Å². The molecule has 7 heteroatoms. The fraction of sp³-hybridized carbons (Fsp3) is 0.619. The van der Waals surface area contributed by atoms with E-state index in [0.717, 1.165) is 45.0 Å². The number of piperidine rings is 1. The highest BCUT2D eigenvalue weighted by Crippen LogP contribution is 2.20. The highest BCUT2D eigenvalue weighted by molar-refractivity contribution is 7.99. The summed E-state index contributed by atoms with van der Waals surface area (Å²) in [4.78, 5) is 21.1. The molecule has 0 aliphatic carbocycles. The Labute approximate surface area is 172 Å². The van der Waals surface area contributed by atoms with Crippen molar-refractivity contribution in [3.05, 3.63) is 29.8 Å². The van der Waals surface area contributed by atoms with Crippen molar-refractivity contribution in [3.8, 4) is 0 Å². The molecule has 1 atom stereocenters. The summed E-state index contributed by atoms with van der Waals surface area (Å²) in [6.45, 7) is 6.87. The van der Waals surface area contributed by atoms with E-state index in [-0.39, 0.29) is 11.9 Å². The van der Waals surface area contributed by atoms with Crippen LogP contribution in [-0.2, 0) is 16.1 Å². The molecule has 1 aromatic rings. The molecule has 0 saturated carbocycles. The lowest BCUT2D eigenvalue weighted by Crippen LogP contribution is -2.48. The fourth-order valence-electron chi connectivity index (χ4n) is 3.78. The van der Waals surface area contributed by atoms with Gasteiger partial charge in [0.25, 0.3) is 0 Å². The van der Waals surface area contributed by atoms with Gasteiger partial charge in [0, 0.05) is 57.0 Å². The number of thioether (sulfide) groups is 1. The summed E-state index contributed by atoms with van der Waals surface area (Å²) in [6, 6.07) is 8.81. The number of rotatable bonds is 5. The summed E-state index contributed by atoms with van der Waals surface area (Å²) in [5.74, 6) is 3.12. The van der Waals surface area contributed by atoms with Crippen LogP contribution in [-0.4, -0.2) is 68.2 Å². The molecule has 6 nitrogen and oxygen atoms in total. The molecule has 28 heavy (non-hydrogen) atoms. The first-order valence-corrected chi connectivity index (χ1v) is 11.4. The Hall–Kier alpha value is -1.89. The van der Waals surface area contributed by atoms with Gasteiger partial charge in [-0.3, -0.25) is 9.79 Å². The molecule has 1 aromatic carbocycles. The first-order valence-electron chi connectivity index (χ1n) is 10.2. The Morgan fingerprint density at radius 3 is 2.68 bits per heavy atom. The standard InChI is InChI=1S/C21H32N4O2S/c1-3-27-20(26)18-5-4-10-25(16-18)21(22-2)23-15-17-6-8-19(9-7-17)24-11-13-28-14-12-24/h6-9,18H,3-5,10-16H2,1-2H3,(H,22,23). The van der Waals surface area contributed by atoms with Crippen LogP contribution in [0.15, 0.2) is 29.3 Å². The van der Waals surface area contributed by atoms with Crippen LogP contribution in [0, 0.1) is 5.92 Å². The SMILES string of the molecule is CCOC(=O)C1CCCN(C(=NC)NCc2ccc(N3CCSCC3)cc2)C1. The average molecular weight is 405 g/mol. The summed E-state index contributed by atoms with van der Waals surface area (Å²) >= 11 is 2.03. The second-order valence-electron chi connectivity index (χ2n) is 7.20. The van der Waals surface area contributed by atoms with Gasteiger partial charge in [-0.25, -0.2) is 0 Å². The van der Waals surface area contributed by atoms with E-state index in [4.69, 9.17) is 4.74 Å². The monoisotopic (exact) mass is 404 g/mol.